The van der Waals surface area contributed by atoms with Gasteiger partial charge in [0.1, 0.15) is 0 Å². The van der Waals surface area contributed by atoms with Crippen LogP contribution in [0.4, 0.5) is 13.2 Å². The third-order valence-corrected chi connectivity index (χ3v) is 7.07. The molecule has 180 valence electrons. The number of alkyl halides is 3. The van der Waals surface area contributed by atoms with Crippen molar-refractivity contribution >= 4 is 16.8 Å². The molecule has 9 heteroatoms. The molecule has 0 radical (unpaired) electrons. The summed E-state index contributed by atoms with van der Waals surface area (Å²) in [5.41, 5.74) is 2.22. The van der Waals surface area contributed by atoms with Gasteiger partial charge in [0.25, 0.3) is 0 Å². The number of carbonyl (C=O) groups excluding carboxylic acids is 1. The van der Waals surface area contributed by atoms with Crippen molar-refractivity contribution in [1.29, 1.82) is 0 Å². The second kappa shape index (κ2) is 9.00. The van der Waals surface area contributed by atoms with Gasteiger partial charge in [-0.25, -0.2) is 4.98 Å². The predicted octanol–water partition coefficient (Wildman–Crippen LogP) is 5.64. The summed E-state index contributed by atoms with van der Waals surface area (Å²) < 4.78 is 43.1. The van der Waals surface area contributed by atoms with Crippen LogP contribution in [0.3, 0.4) is 0 Å². The molecule has 4 heterocycles. The zero-order valence-electron chi connectivity index (χ0n) is 19.0. The van der Waals surface area contributed by atoms with Crippen molar-refractivity contribution in [2.75, 3.05) is 0 Å². The van der Waals surface area contributed by atoms with Crippen LogP contribution >= 0.6 is 0 Å². The fourth-order valence-electron chi connectivity index (χ4n) is 5.59. The maximum Gasteiger partial charge on any atom is 0.389 e. The third-order valence-electron chi connectivity index (χ3n) is 7.07. The Morgan fingerprint density at radius 3 is 2.59 bits per heavy atom. The maximum absolute atomic E-state index is 13.2. The van der Waals surface area contributed by atoms with E-state index in [-0.39, 0.29) is 36.8 Å². The average molecular weight is 473 g/mol. The number of hydrogen-bond acceptors (Lipinski definition) is 5. The number of oxazole rings is 1. The van der Waals surface area contributed by atoms with E-state index in [1.807, 2.05) is 29.2 Å². The van der Waals surface area contributed by atoms with Crippen LogP contribution in [-0.4, -0.2) is 44.2 Å². The topological polar surface area (TPSA) is 72.1 Å². The minimum Gasteiger partial charge on any atom is -0.441 e. The molecular weight excluding hydrogens is 445 g/mol. The molecule has 34 heavy (non-hydrogen) atoms. The van der Waals surface area contributed by atoms with Crippen LogP contribution in [0.25, 0.3) is 22.2 Å². The number of carbonyl (C=O) groups is 1. The highest BCUT2D eigenvalue weighted by Crippen LogP contribution is 2.41. The third kappa shape index (κ3) is 4.93. The Morgan fingerprint density at radius 2 is 1.91 bits per heavy atom. The van der Waals surface area contributed by atoms with E-state index in [4.69, 9.17) is 4.42 Å². The molecule has 1 aromatic carbocycles. The first-order valence-corrected chi connectivity index (χ1v) is 11.8. The SMILES string of the molecule is Cc1ncc(-c2ccc3nnc(CC(=O)N4[C@@H]5CC[C@H]4CC(CCCC(F)(F)F)C5)cc3c2)o1. The Kier molecular flexibility index (Phi) is 6.04. The van der Waals surface area contributed by atoms with Crippen LogP contribution in [0.5, 0.6) is 0 Å². The molecule has 0 N–H and O–H groups in total. The molecule has 2 bridgehead atoms. The fourth-order valence-corrected chi connectivity index (χ4v) is 5.59. The highest BCUT2D eigenvalue weighted by Gasteiger charge is 2.43. The summed E-state index contributed by atoms with van der Waals surface area (Å²) in [5.74, 6) is 1.55. The summed E-state index contributed by atoms with van der Waals surface area (Å²) in [5, 5.41) is 9.41. The molecule has 2 saturated heterocycles. The number of hydrogen-bond donors (Lipinski definition) is 0. The first-order chi connectivity index (χ1) is 16.2. The fraction of sp³-hybridized carbons (Fsp3) is 0.520. The number of rotatable bonds is 6. The van der Waals surface area contributed by atoms with E-state index in [0.717, 1.165) is 42.1 Å². The molecule has 2 aliphatic rings. The van der Waals surface area contributed by atoms with Gasteiger partial charge in [-0.2, -0.15) is 23.4 Å². The lowest BCUT2D eigenvalue weighted by Gasteiger charge is -2.39. The number of piperidine rings is 1. The van der Waals surface area contributed by atoms with Crippen molar-refractivity contribution in [2.24, 2.45) is 5.92 Å². The molecule has 2 fully saturated rings. The van der Waals surface area contributed by atoms with Gasteiger partial charge in [0.05, 0.1) is 23.8 Å². The lowest BCUT2D eigenvalue weighted by atomic mass is 9.86. The number of aryl methyl sites for hydroxylation is 1. The number of halogens is 3. The van der Waals surface area contributed by atoms with E-state index in [1.54, 1.807) is 13.1 Å². The largest absolute Gasteiger partial charge is 0.441 e. The molecule has 5 rings (SSSR count). The molecule has 0 aliphatic carbocycles. The molecule has 6 nitrogen and oxygen atoms in total. The van der Waals surface area contributed by atoms with Gasteiger partial charge in [-0.05, 0) is 68.7 Å². The van der Waals surface area contributed by atoms with Crippen molar-refractivity contribution in [3.05, 3.63) is 42.0 Å². The average Bonchev–Trinajstić information content (AvgIpc) is 3.33. The predicted molar refractivity (Wildman–Crippen MR) is 120 cm³/mol. The Labute approximate surface area is 195 Å². The highest BCUT2D eigenvalue weighted by atomic mass is 19.4. The van der Waals surface area contributed by atoms with Crippen molar-refractivity contribution in [3.63, 3.8) is 0 Å². The van der Waals surface area contributed by atoms with Gasteiger partial charge in [-0.15, -0.1) is 0 Å². The van der Waals surface area contributed by atoms with Crippen LogP contribution in [0.15, 0.2) is 34.9 Å². The van der Waals surface area contributed by atoms with Crippen molar-refractivity contribution in [1.82, 2.24) is 20.1 Å². The van der Waals surface area contributed by atoms with Gasteiger partial charge in [0.2, 0.25) is 5.91 Å². The van der Waals surface area contributed by atoms with Crippen molar-refractivity contribution in [3.8, 4) is 11.3 Å². The molecule has 1 amide bonds. The summed E-state index contributed by atoms with van der Waals surface area (Å²) in [6.07, 6.45) is 1.23. The summed E-state index contributed by atoms with van der Waals surface area (Å²) in [7, 11) is 0. The van der Waals surface area contributed by atoms with E-state index in [0.29, 0.717) is 23.8 Å². The van der Waals surface area contributed by atoms with Gasteiger partial charge < -0.3 is 9.32 Å². The number of nitrogens with zero attached hydrogens (tertiary/aromatic N) is 4. The molecule has 1 unspecified atom stereocenters. The second-order valence-corrected chi connectivity index (χ2v) is 9.56. The van der Waals surface area contributed by atoms with Gasteiger partial charge in [0, 0.05) is 36.4 Å². The van der Waals surface area contributed by atoms with Crippen LogP contribution < -0.4 is 0 Å². The molecule has 2 aliphatic heterocycles. The highest BCUT2D eigenvalue weighted by molar-refractivity contribution is 5.85. The minimum absolute atomic E-state index is 0.0249. The van der Waals surface area contributed by atoms with Crippen molar-refractivity contribution < 1.29 is 22.4 Å². The Hall–Kier alpha value is -2.97. The summed E-state index contributed by atoms with van der Waals surface area (Å²) in [6, 6.07) is 7.85. The van der Waals surface area contributed by atoms with E-state index in [2.05, 4.69) is 15.2 Å². The lowest BCUT2D eigenvalue weighted by Crippen LogP contribution is -2.47. The summed E-state index contributed by atoms with van der Waals surface area (Å²) >= 11 is 0. The van der Waals surface area contributed by atoms with E-state index >= 15 is 0 Å². The molecular formula is C25H27F3N4O2. The van der Waals surface area contributed by atoms with Gasteiger partial charge in [-0.3, -0.25) is 4.79 Å². The van der Waals surface area contributed by atoms with E-state index in [1.165, 1.54) is 0 Å². The lowest BCUT2D eigenvalue weighted by molar-refractivity contribution is -0.137. The van der Waals surface area contributed by atoms with Gasteiger partial charge >= 0.3 is 6.18 Å². The molecule has 3 atom stereocenters. The summed E-state index contributed by atoms with van der Waals surface area (Å²) in [4.78, 5) is 19.3. The minimum atomic E-state index is -4.09. The van der Waals surface area contributed by atoms with Gasteiger partial charge in [0.15, 0.2) is 11.7 Å². The number of aromatic nitrogens is 3. The Balaban J connectivity index is 1.25. The van der Waals surface area contributed by atoms with Crippen LogP contribution in [0.1, 0.15) is 56.5 Å². The van der Waals surface area contributed by atoms with Crippen LogP contribution in [-0.2, 0) is 11.2 Å². The monoisotopic (exact) mass is 472 g/mol. The standard InChI is InChI=1S/C25H27F3N4O2/c1-15-29-14-23(34-15)17-4-7-22-18(11-17)12-19(30-31-22)13-24(33)32-20-5-6-21(32)10-16(9-20)3-2-8-25(26,27)28/h4,7,11-12,14,16,20-21H,2-3,5-6,8-10,13H2,1H3/t16?,20-,21+. The number of fused-ring (bicyclic) bond motifs is 3. The quantitative estimate of drug-likeness (QED) is 0.464. The summed E-state index contributed by atoms with van der Waals surface area (Å²) in [6.45, 7) is 1.79. The Bertz CT molecular complexity index is 1180. The first-order valence-electron chi connectivity index (χ1n) is 11.8. The second-order valence-electron chi connectivity index (χ2n) is 9.56. The molecule has 2 aromatic heterocycles. The van der Waals surface area contributed by atoms with E-state index in [9.17, 15) is 18.0 Å². The normalized spacial score (nSPS) is 22.5. The molecule has 0 saturated carbocycles. The van der Waals surface area contributed by atoms with E-state index < -0.39 is 12.6 Å². The molecule has 0 spiro atoms. The van der Waals surface area contributed by atoms with Crippen LogP contribution in [0.2, 0.25) is 0 Å². The zero-order chi connectivity index (χ0) is 23.9. The van der Waals surface area contributed by atoms with Gasteiger partial charge in [-0.1, -0.05) is 0 Å². The number of amides is 1. The molecule has 3 aromatic rings. The van der Waals surface area contributed by atoms with Crippen LogP contribution in [0, 0.1) is 12.8 Å². The zero-order valence-corrected chi connectivity index (χ0v) is 19.0. The Morgan fingerprint density at radius 1 is 1.15 bits per heavy atom. The maximum atomic E-state index is 13.2. The first kappa shape index (κ1) is 22.8. The smallest absolute Gasteiger partial charge is 0.389 e. The van der Waals surface area contributed by atoms with Crippen molar-refractivity contribution in [2.45, 2.75) is 76.6 Å². The number of benzene rings is 1.